The van der Waals surface area contributed by atoms with Crippen molar-refractivity contribution in [3.05, 3.63) is 41.7 Å². The van der Waals surface area contributed by atoms with Gasteiger partial charge in [0.15, 0.2) is 0 Å². The molecule has 0 fully saturated rings. The lowest BCUT2D eigenvalue weighted by atomic mass is 10.1. The van der Waals surface area contributed by atoms with Gasteiger partial charge >= 0.3 is 5.97 Å². The zero-order valence-electron chi connectivity index (χ0n) is 12.3. The molecule has 0 bridgehead atoms. The summed E-state index contributed by atoms with van der Waals surface area (Å²) in [7, 11) is -1.56. The summed E-state index contributed by atoms with van der Waals surface area (Å²) in [5.41, 5.74) is 4.48. The average molecular weight is 290 g/mol. The number of carbonyl (C=O) groups excluding carboxylic acids is 1. The number of rotatable bonds is 3. The van der Waals surface area contributed by atoms with Crippen LogP contribution in [0.15, 0.2) is 30.3 Å². The van der Waals surface area contributed by atoms with Crippen LogP contribution < -0.4 is 0 Å². The fourth-order valence-corrected chi connectivity index (χ4v) is 1.89. The van der Waals surface area contributed by atoms with E-state index in [0.717, 1.165) is 0 Å². The topological polar surface area (TPSA) is 26.3 Å². The summed E-state index contributed by atoms with van der Waals surface area (Å²) in [5.74, 6) is 2.28. The summed E-state index contributed by atoms with van der Waals surface area (Å²) >= 11 is 0. The lowest BCUT2D eigenvalue weighted by Gasteiger charge is -2.05. The second kappa shape index (κ2) is 7.06. The first kappa shape index (κ1) is 16.2. The number of hydrogen-bond donors (Lipinski definition) is 0. The highest BCUT2D eigenvalue weighted by Gasteiger charge is 2.09. The van der Waals surface area contributed by atoms with Crippen molar-refractivity contribution in [1.29, 1.82) is 0 Å². The van der Waals surface area contributed by atoms with Crippen molar-refractivity contribution in [2.45, 2.75) is 26.6 Å². The maximum atomic E-state index is 13.0. The minimum Gasteiger partial charge on any atom is -0.463 e. The van der Waals surface area contributed by atoms with Crippen LogP contribution in [0.1, 0.15) is 12.5 Å². The van der Waals surface area contributed by atoms with Crippen LogP contribution in [0.3, 0.4) is 0 Å². The van der Waals surface area contributed by atoms with E-state index < -0.39 is 14.0 Å². The summed E-state index contributed by atoms with van der Waals surface area (Å²) in [6, 6.07) is 5.92. The van der Waals surface area contributed by atoms with Gasteiger partial charge in [-0.3, -0.25) is 0 Å². The van der Waals surface area contributed by atoms with Crippen LogP contribution in [-0.2, 0) is 9.53 Å². The van der Waals surface area contributed by atoms with Gasteiger partial charge in [0.05, 0.1) is 6.61 Å². The number of esters is 1. The van der Waals surface area contributed by atoms with E-state index in [1.807, 2.05) is 0 Å². The van der Waals surface area contributed by atoms with Gasteiger partial charge < -0.3 is 4.74 Å². The fourth-order valence-electron chi connectivity index (χ4n) is 1.38. The van der Waals surface area contributed by atoms with Crippen LogP contribution in [0.25, 0.3) is 5.57 Å². The van der Waals surface area contributed by atoms with Crippen LogP contribution in [0.5, 0.6) is 0 Å². The van der Waals surface area contributed by atoms with Gasteiger partial charge in [-0.1, -0.05) is 37.7 Å². The highest BCUT2D eigenvalue weighted by molar-refractivity contribution is 6.84. The molecular weight excluding hydrogens is 271 g/mol. The molecule has 0 aromatic heterocycles. The Labute approximate surface area is 120 Å². The van der Waals surface area contributed by atoms with Crippen LogP contribution in [0.2, 0.25) is 19.6 Å². The Bertz CT molecular complexity index is 557. The molecule has 0 saturated carbocycles. The van der Waals surface area contributed by atoms with Crippen molar-refractivity contribution in [3.8, 4) is 11.5 Å². The molecule has 0 aliphatic carbocycles. The zero-order valence-corrected chi connectivity index (χ0v) is 13.3. The molecule has 4 heteroatoms. The van der Waals surface area contributed by atoms with Crippen molar-refractivity contribution >= 4 is 19.6 Å². The number of allylic oxidation sites excluding steroid dienone is 1. The molecule has 1 aromatic carbocycles. The minimum atomic E-state index is -1.56. The molecule has 0 aliphatic heterocycles. The van der Waals surface area contributed by atoms with Crippen LogP contribution in [0.4, 0.5) is 4.39 Å². The summed E-state index contributed by atoms with van der Waals surface area (Å²) in [6.07, 6.45) is 1.36. The molecule has 0 heterocycles. The van der Waals surface area contributed by atoms with Crippen molar-refractivity contribution in [2.75, 3.05) is 6.61 Å². The Balaban J connectivity index is 3.16. The average Bonchev–Trinajstić information content (AvgIpc) is 2.35. The predicted octanol–water partition coefficient (Wildman–Crippen LogP) is 3.65. The Morgan fingerprint density at radius 1 is 1.30 bits per heavy atom. The summed E-state index contributed by atoms with van der Waals surface area (Å²) < 4.78 is 17.9. The molecule has 1 rings (SSSR count). The molecule has 0 unspecified atom stereocenters. The zero-order chi connectivity index (χ0) is 15.2. The van der Waals surface area contributed by atoms with Crippen molar-refractivity contribution in [3.63, 3.8) is 0 Å². The smallest absolute Gasteiger partial charge is 0.332 e. The highest BCUT2D eigenvalue weighted by atomic mass is 28.3. The number of halogens is 1. The van der Waals surface area contributed by atoms with E-state index in [2.05, 4.69) is 31.1 Å². The molecule has 0 radical (unpaired) electrons. The van der Waals surface area contributed by atoms with E-state index in [-0.39, 0.29) is 5.82 Å². The molecule has 0 spiro atoms. The molecular formula is C16H19FO2Si. The van der Waals surface area contributed by atoms with E-state index in [1.54, 1.807) is 19.1 Å². The Kier molecular flexibility index (Phi) is 5.72. The number of carbonyl (C=O) groups is 1. The maximum absolute atomic E-state index is 13.0. The Morgan fingerprint density at radius 2 is 1.90 bits per heavy atom. The van der Waals surface area contributed by atoms with Gasteiger partial charge in [0.25, 0.3) is 0 Å². The van der Waals surface area contributed by atoms with Crippen LogP contribution in [0, 0.1) is 17.3 Å². The monoisotopic (exact) mass is 290 g/mol. The van der Waals surface area contributed by atoms with Gasteiger partial charge in [-0.15, -0.1) is 5.54 Å². The summed E-state index contributed by atoms with van der Waals surface area (Å²) in [4.78, 5) is 11.6. The first-order valence-electron chi connectivity index (χ1n) is 6.49. The van der Waals surface area contributed by atoms with Gasteiger partial charge in [-0.05, 0) is 24.6 Å². The van der Waals surface area contributed by atoms with Crippen molar-refractivity contribution in [1.82, 2.24) is 0 Å². The standard InChI is InChI=1S/C16H19FO2Si/c1-5-19-16(18)12-14(10-11-20(2,3)4)13-6-8-15(17)9-7-13/h6-9,12H,5H2,1-4H3. The second-order valence-electron chi connectivity index (χ2n) is 5.32. The highest BCUT2D eigenvalue weighted by Crippen LogP contribution is 2.15. The minimum absolute atomic E-state index is 0.313. The van der Waals surface area contributed by atoms with Gasteiger partial charge in [0, 0.05) is 11.6 Å². The Morgan fingerprint density at radius 3 is 2.40 bits per heavy atom. The molecule has 0 aliphatic rings. The fraction of sp³-hybridized carbons (Fsp3) is 0.312. The van der Waals surface area contributed by atoms with E-state index in [4.69, 9.17) is 4.74 Å². The van der Waals surface area contributed by atoms with Crippen molar-refractivity contribution < 1.29 is 13.9 Å². The summed E-state index contributed by atoms with van der Waals surface area (Å²) in [5, 5.41) is 0. The molecule has 2 nitrogen and oxygen atoms in total. The van der Waals surface area contributed by atoms with Gasteiger partial charge in [0.1, 0.15) is 13.9 Å². The van der Waals surface area contributed by atoms with Gasteiger partial charge in [-0.25, -0.2) is 9.18 Å². The third-order valence-electron chi connectivity index (χ3n) is 2.28. The molecule has 0 N–H and O–H groups in total. The first-order valence-corrected chi connectivity index (χ1v) is 9.99. The third kappa shape index (κ3) is 5.85. The second-order valence-corrected chi connectivity index (χ2v) is 10.1. The van der Waals surface area contributed by atoms with Crippen molar-refractivity contribution in [2.24, 2.45) is 0 Å². The molecule has 0 saturated heterocycles. The SMILES string of the molecule is CCOC(=O)C=C(C#C[Si](C)(C)C)c1ccc(F)cc1. The van der Waals surface area contributed by atoms with E-state index in [9.17, 15) is 9.18 Å². The van der Waals surface area contributed by atoms with Crippen LogP contribution >= 0.6 is 0 Å². The quantitative estimate of drug-likeness (QED) is 0.367. The van der Waals surface area contributed by atoms with Gasteiger partial charge in [-0.2, -0.15) is 0 Å². The Hall–Kier alpha value is -1.86. The first-order chi connectivity index (χ1) is 9.31. The molecule has 20 heavy (non-hydrogen) atoms. The maximum Gasteiger partial charge on any atom is 0.332 e. The third-order valence-corrected chi connectivity index (χ3v) is 3.15. The molecule has 106 valence electrons. The molecule has 0 amide bonds. The molecule has 1 aromatic rings. The number of ether oxygens (including phenoxy) is 1. The molecule has 0 atom stereocenters. The lowest BCUT2D eigenvalue weighted by molar-refractivity contribution is -0.137. The number of benzene rings is 1. The normalized spacial score (nSPS) is 11.6. The predicted molar refractivity (Wildman–Crippen MR) is 82.1 cm³/mol. The lowest BCUT2D eigenvalue weighted by Crippen LogP contribution is -2.16. The van der Waals surface area contributed by atoms with E-state index in [0.29, 0.717) is 17.7 Å². The van der Waals surface area contributed by atoms with Crippen LogP contribution in [-0.4, -0.2) is 20.7 Å². The largest absolute Gasteiger partial charge is 0.463 e. The van der Waals surface area contributed by atoms with E-state index >= 15 is 0 Å². The number of hydrogen-bond acceptors (Lipinski definition) is 2. The van der Waals surface area contributed by atoms with Gasteiger partial charge in [0.2, 0.25) is 0 Å². The summed E-state index contributed by atoms with van der Waals surface area (Å²) in [6.45, 7) is 8.41. The van der Waals surface area contributed by atoms with E-state index in [1.165, 1.54) is 18.2 Å².